The smallest absolute Gasteiger partial charge is 0.293 e. The first-order valence-electron chi connectivity index (χ1n) is 10.4. The average Bonchev–Trinajstić information content (AvgIpc) is 3.10. The molecule has 0 saturated carbocycles. The van der Waals surface area contributed by atoms with Crippen LogP contribution in [0.5, 0.6) is 17.4 Å². The van der Waals surface area contributed by atoms with Crippen molar-refractivity contribution < 1.29 is 28.4 Å². The largest absolute Gasteiger partial charge is 0.490 e. The van der Waals surface area contributed by atoms with Crippen LogP contribution in [0.1, 0.15) is 18.1 Å². The monoisotopic (exact) mass is 530 g/mol. The molecule has 0 N–H and O–H groups in total. The van der Waals surface area contributed by atoms with Gasteiger partial charge in [0.1, 0.15) is 0 Å². The highest BCUT2D eigenvalue weighted by Crippen LogP contribution is 2.37. The number of hydrogen-bond donors (Lipinski definition) is 0. The number of aromatic nitrogens is 2. The number of carbonyl (C=O) groups is 2. The van der Waals surface area contributed by atoms with Gasteiger partial charge < -0.3 is 9.47 Å². The molecule has 0 spiro atoms. The first kappa shape index (κ1) is 25.1. The van der Waals surface area contributed by atoms with E-state index >= 15 is 0 Å². The summed E-state index contributed by atoms with van der Waals surface area (Å²) in [5.74, 6) is -1.28. The van der Waals surface area contributed by atoms with Crippen molar-refractivity contribution in [3.8, 4) is 17.4 Å². The zero-order valence-corrected chi connectivity index (χ0v) is 20.1. The second-order valence-electron chi connectivity index (χ2n) is 7.22. The van der Waals surface area contributed by atoms with E-state index < -0.39 is 21.9 Å². The highest BCUT2D eigenvalue weighted by molar-refractivity contribution is 8.18. The van der Waals surface area contributed by atoms with E-state index in [-0.39, 0.29) is 46.4 Å². The fourth-order valence-electron chi connectivity index (χ4n) is 3.17. The Bertz CT molecular complexity index is 1390. The van der Waals surface area contributed by atoms with Crippen molar-refractivity contribution in [2.45, 2.75) is 13.5 Å². The van der Waals surface area contributed by atoms with E-state index in [1.165, 1.54) is 36.4 Å². The van der Waals surface area contributed by atoms with Crippen molar-refractivity contribution in [3.05, 3.63) is 85.9 Å². The van der Waals surface area contributed by atoms with Crippen LogP contribution in [-0.2, 0) is 11.3 Å². The molecule has 0 bridgehead atoms. The number of nitrogens with zero attached hydrogens (tertiary/aromatic N) is 4. The Labute approximate surface area is 212 Å². The van der Waals surface area contributed by atoms with Gasteiger partial charge in [-0.2, -0.15) is 9.37 Å². The fourth-order valence-corrected chi connectivity index (χ4v) is 4.13. The Morgan fingerprint density at radius 1 is 1.19 bits per heavy atom. The Morgan fingerprint density at radius 2 is 1.94 bits per heavy atom. The van der Waals surface area contributed by atoms with Crippen molar-refractivity contribution in [2.24, 2.45) is 0 Å². The number of halogens is 2. The second-order valence-corrected chi connectivity index (χ2v) is 8.56. The minimum atomic E-state index is -0.812. The lowest BCUT2D eigenvalue weighted by Gasteiger charge is -2.13. The van der Waals surface area contributed by atoms with Crippen LogP contribution in [0.2, 0.25) is 5.28 Å². The number of non-ortho nitro benzene ring substituents is 1. The summed E-state index contributed by atoms with van der Waals surface area (Å²) in [5.41, 5.74) is 1.02. The van der Waals surface area contributed by atoms with E-state index in [9.17, 15) is 24.1 Å². The molecule has 2 aromatic carbocycles. The van der Waals surface area contributed by atoms with Crippen molar-refractivity contribution in [1.82, 2.24) is 14.9 Å². The lowest BCUT2D eigenvalue weighted by Crippen LogP contribution is -2.27. The summed E-state index contributed by atoms with van der Waals surface area (Å²) >= 11 is 6.48. The Balaban J connectivity index is 1.54. The number of carbonyl (C=O) groups excluding carboxylic acids is 2. The molecular weight excluding hydrogens is 515 g/mol. The molecule has 4 rings (SSSR count). The zero-order chi connectivity index (χ0) is 25.8. The van der Waals surface area contributed by atoms with Crippen LogP contribution >= 0.6 is 23.4 Å². The summed E-state index contributed by atoms with van der Waals surface area (Å²) in [6.45, 7) is 2.00. The third-order valence-corrected chi connectivity index (χ3v) is 5.91. The number of benzene rings is 2. The topological polar surface area (TPSA) is 125 Å². The molecule has 1 fully saturated rings. The van der Waals surface area contributed by atoms with E-state index in [1.807, 2.05) is 0 Å². The number of ether oxygens (including phenoxy) is 2. The lowest BCUT2D eigenvalue weighted by molar-refractivity contribution is -0.384. The van der Waals surface area contributed by atoms with Crippen LogP contribution < -0.4 is 9.47 Å². The molecule has 13 heteroatoms. The minimum Gasteiger partial charge on any atom is -0.490 e. The number of nitro benzene ring substituents is 1. The third-order valence-electron chi connectivity index (χ3n) is 4.82. The Hall–Kier alpha value is -4.03. The van der Waals surface area contributed by atoms with Crippen LogP contribution in [-0.4, -0.2) is 37.5 Å². The minimum absolute atomic E-state index is 0.0238. The number of thioether (sulfide) groups is 1. The second kappa shape index (κ2) is 10.7. The highest BCUT2D eigenvalue weighted by Gasteiger charge is 2.35. The van der Waals surface area contributed by atoms with Gasteiger partial charge in [-0.25, -0.2) is 4.98 Å². The maximum Gasteiger partial charge on any atom is 0.293 e. The predicted octanol–water partition coefficient (Wildman–Crippen LogP) is 5.60. The molecular formula is C23H16ClFN4O6S. The van der Waals surface area contributed by atoms with Gasteiger partial charge in [-0.3, -0.25) is 24.6 Å². The molecule has 1 aromatic heterocycles. The van der Waals surface area contributed by atoms with Gasteiger partial charge in [0, 0.05) is 12.1 Å². The first-order chi connectivity index (χ1) is 17.2. The van der Waals surface area contributed by atoms with Gasteiger partial charge in [-0.15, -0.1) is 0 Å². The van der Waals surface area contributed by atoms with Crippen LogP contribution in [0.4, 0.5) is 14.9 Å². The third kappa shape index (κ3) is 5.61. The highest BCUT2D eigenvalue weighted by atomic mass is 35.5. The molecule has 184 valence electrons. The van der Waals surface area contributed by atoms with Gasteiger partial charge >= 0.3 is 0 Å². The van der Waals surface area contributed by atoms with Gasteiger partial charge in [0.15, 0.2) is 11.5 Å². The number of amides is 2. The molecule has 0 aliphatic carbocycles. The van der Waals surface area contributed by atoms with Gasteiger partial charge in [0.05, 0.1) is 29.2 Å². The summed E-state index contributed by atoms with van der Waals surface area (Å²) in [4.78, 5) is 44.1. The molecule has 0 radical (unpaired) electrons. The van der Waals surface area contributed by atoms with Gasteiger partial charge in [-0.1, -0.05) is 18.2 Å². The van der Waals surface area contributed by atoms with Crippen LogP contribution in [0.25, 0.3) is 6.08 Å². The Morgan fingerprint density at radius 3 is 2.64 bits per heavy atom. The van der Waals surface area contributed by atoms with E-state index in [0.29, 0.717) is 11.1 Å². The summed E-state index contributed by atoms with van der Waals surface area (Å²) in [5, 5.41) is 10.2. The number of hydrogen-bond acceptors (Lipinski definition) is 9. The van der Waals surface area contributed by atoms with E-state index in [1.54, 1.807) is 19.1 Å². The normalized spacial score (nSPS) is 14.4. The van der Waals surface area contributed by atoms with Crippen LogP contribution in [0, 0.1) is 15.9 Å². The van der Waals surface area contributed by atoms with Gasteiger partial charge in [-0.05, 0) is 59.6 Å². The predicted molar refractivity (Wildman–Crippen MR) is 129 cm³/mol. The van der Waals surface area contributed by atoms with E-state index in [4.69, 9.17) is 21.1 Å². The van der Waals surface area contributed by atoms with Crippen molar-refractivity contribution in [3.63, 3.8) is 0 Å². The molecule has 3 aromatic rings. The average molecular weight is 531 g/mol. The van der Waals surface area contributed by atoms with Gasteiger partial charge in [0.2, 0.25) is 11.1 Å². The maximum absolute atomic E-state index is 14.0. The number of imide groups is 1. The summed E-state index contributed by atoms with van der Waals surface area (Å²) in [6, 6.07) is 10.3. The molecule has 0 atom stereocenters. The SMILES string of the molecule is CCOc1cc(/C=C2/SC(=O)N(Cc3ccc([N+](=O)[O-])cc3)C2=O)ccc1Oc1nc(Cl)ncc1F. The lowest BCUT2D eigenvalue weighted by atomic mass is 10.1. The molecule has 10 nitrogen and oxygen atoms in total. The summed E-state index contributed by atoms with van der Waals surface area (Å²) in [6.07, 6.45) is 2.40. The molecule has 36 heavy (non-hydrogen) atoms. The fraction of sp³-hybridized carbons (Fsp3) is 0.130. The number of rotatable bonds is 8. The Kier molecular flexibility index (Phi) is 7.46. The van der Waals surface area contributed by atoms with Crippen LogP contribution in [0.15, 0.2) is 53.6 Å². The maximum atomic E-state index is 14.0. The first-order valence-corrected chi connectivity index (χ1v) is 11.6. The van der Waals surface area contributed by atoms with Crippen LogP contribution in [0.3, 0.4) is 0 Å². The molecule has 0 unspecified atom stereocenters. The summed E-state index contributed by atoms with van der Waals surface area (Å²) in [7, 11) is 0. The van der Waals surface area contributed by atoms with Crippen molar-refractivity contribution >= 4 is 46.3 Å². The van der Waals surface area contributed by atoms with E-state index in [0.717, 1.165) is 22.9 Å². The molecule has 1 aliphatic heterocycles. The quantitative estimate of drug-likeness (QED) is 0.158. The van der Waals surface area contributed by atoms with Crippen molar-refractivity contribution in [1.29, 1.82) is 0 Å². The molecule has 2 heterocycles. The van der Waals surface area contributed by atoms with E-state index in [2.05, 4.69) is 9.97 Å². The molecule has 2 amide bonds. The summed E-state index contributed by atoms with van der Waals surface area (Å²) < 4.78 is 25.1. The molecule has 1 aliphatic rings. The number of nitro groups is 1. The van der Waals surface area contributed by atoms with Crippen molar-refractivity contribution in [2.75, 3.05) is 6.61 Å². The molecule has 1 saturated heterocycles. The standard InChI is InChI=1S/C23H16ClFN4O6S/c1-2-34-18-9-14(5-8-17(18)35-20-16(25)11-26-22(24)27-20)10-19-21(30)28(23(31)36-19)12-13-3-6-15(7-4-13)29(32)33/h3-11H,2,12H2,1H3/b19-10+. The van der Waals surface area contributed by atoms with Gasteiger partial charge in [0.25, 0.3) is 22.7 Å². The zero-order valence-electron chi connectivity index (χ0n) is 18.5.